The lowest BCUT2D eigenvalue weighted by atomic mass is 10.0. The Kier molecular flexibility index (Phi) is 4.27. The van der Waals surface area contributed by atoms with Crippen molar-refractivity contribution in [1.82, 2.24) is 4.57 Å². The standard InChI is InChI=1S/C15H14N2O4/c1-2-8-16-10-12(17(20)21)9-13(15(16)19)14(18)11-6-4-3-5-7-11/h3-7,9-10H,2,8H2,1H3. The molecule has 0 saturated carbocycles. The number of benzene rings is 1. The number of carbonyl (C=O) groups is 1. The van der Waals surface area contributed by atoms with E-state index in [4.69, 9.17) is 0 Å². The van der Waals surface area contributed by atoms with Crippen molar-refractivity contribution in [3.05, 3.63) is 74.2 Å². The minimum absolute atomic E-state index is 0.177. The number of rotatable bonds is 5. The largest absolute Gasteiger partial charge is 0.308 e. The van der Waals surface area contributed by atoms with Gasteiger partial charge in [0, 0.05) is 18.2 Å². The molecule has 0 atom stereocenters. The highest BCUT2D eigenvalue weighted by molar-refractivity contribution is 6.09. The zero-order valence-electron chi connectivity index (χ0n) is 11.5. The van der Waals surface area contributed by atoms with Gasteiger partial charge < -0.3 is 4.57 Å². The third-order valence-electron chi connectivity index (χ3n) is 3.03. The lowest BCUT2D eigenvalue weighted by molar-refractivity contribution is -0.385. The van der Waals surface area contributed by atoms with E-state index < -0.39 is 16.3 Å². The first-order chi connectivity index (χ1) is 10.0. The number of aromatic nitrogens is 1. The van der Waals surface area contributed by atoms with Gasteiger partial charge in [-0.2, -0.15) is 0 Å². The molecule has 0 aliphatic heterocycles. The van der Waals surface area contributed by atoms with Crippen molar-refractivity contribution in [2.24, 2.45) is 0 Å². The lowest BCUT2D eigenvalue weighted by Crippen LogP contribution is -2.26. The average molecular weight is 286 g/mol. The number of hydrogen-bond donors (Lipinski definition) is 0. The highest BCUT2D eigenvalue weighted by atomic mass is 16.6. The Morgan fingerprint density at radius 3 is 2.52 bits per heavy atom. The molecule has 1 heterocycles. The predicted octanol–water partition coefficient (Wildman–Crippen LogP) is 2.40. The zero-order chi connectivity index (χ0) is 15.4. The summed E-state index contributed by atoms with van der Waals surface area (Å²) in [5.41, 5.74) is -0.611. The van der Waals surface area contributed by atoms with Crippen LogP contribution in [-0.2, 0) is 6.54 Å². The van der Waals surface area contributed by atoms with Crippen LogP contribution < -0.4 is 5.56 Å². The second-order valence-corrected chi connectivity index (χ2v) is 4.56. The van der Waals surface area contributed by atoms with Crippen LogP contribution in [0.3, 0.4) is 0 Å². The van der Waals surface area contributed by atoms with E-state index in [1.54, 1.807) is 30.3 Å². The van der Waals surface area contributed by atoms with E-state index >= 15 is 0 Å². The molecule has 6 heteroatoms. The third-order valence-corrected chi connectivity index (χ3v) is 3.03. The number of aryl methyl sites for hydroxylation is 1. The smallest absolute Gasteiger partial charge is 0.286 e. The number of nitro groups is 1. The fourth-order valence-corrected chi connectivity index (χ4v) is 2.03. The number of hydrogen-bond acceptors (Lipinski definition) is 4. The maximum atomic E-state index is 12.4. The number of ketones is 1. The molecule has 0 amide bonds. The van der Waals surface area contributed by atoms with Crippen LogP contribution in [0, 0.1) is 10.1 Å². The Balaban J connectivity index is 2.59. The molecule has 2 aromatic rings. The van der Waals surface area contributed by atoms with Gasteiger partial charge in [-0.3, -0.25) is 19.7 Å². The van der Waals surface area contributed by atoms with Crippen molar-refractivity contribution in [2.45, 2.75) is 19.9 Å². The summed E-state index contributed by atoms with van der Waals surface area (Å²) in [7, 11) is 0. The van der Waals surface area contributed by atoms with E-state index in [1.807, 2.05) is 6.92 Å². The summed E-state index contributed by atoms with van der Waals surface area (Å²) in [5, 5.41) is 11.0. The summed E-state index contributed by atoms with van der Waals surface area (Å²) in [6, 6.07) is 9.29. The Morgan fingerprint density at radius 1 is 1.29 bits per heavy atom. The Labute approximate surface area is 120 Å². The fraction of sp³-hybridized carbons (Fsp3) is 0.200. The predicted molar refractivity (Wildman–Crippen MR) is 77.5 cm³/mol. The monoisotopic (exact) mass is 286 g/mol. The molecule has 0 saturated heterocycles. The van der Waals surface area contributed by atoms with Gasteiger partial charge in [-0.05, 0) is 6.42 Å². The summed E-state index contributed by atoms with van der Waals surface area (Å²) in [6.07, 6.45) is 1.81. The minimum Gasteiger partial charge on any atom is -0.308 e. The molecule has 1 aromatic carbocycles. The molecular weight excluding hydrogens is 272 g/mol. The van der Waals surface area contributed by atoms with Gasteiger partial charge >= 0.3 is 0 Å². The van der Waals surface area contributed by atoms with E-state index in [2.05, 4.69) is 0 Å². The van der Waals surface area contributed by atoms with E-state index in [0.717, 1.165) is 6.07 Å². The van der Waals surface area contributed by atoms with Crippen LogP contribution in [0.2, 0.25) is 0 Å². The molecule has 0 aliphatic rings. The fourth-order valence-electron chi connectivity index (χ4n) is 2.03. The summed E-state index contributed by atoms with van der Waals surface area (Å²) >= 11 is 0. The second-order valence-electron chi connectivity index (χ2n) is 4.56. The maximum Gasteiger partial charge on any atom is 0.286 e. The zero-order valence-corrected chi connectivity index (χ0v) is 11.5. The normalized spacial score (nSPS) is 10.3. The van der Waals surface area contributed by atoms with Gasteiger partial charge in [0.05, 0.1) is 16.7 Å². The lowest BCUT2D eigenvalue weighted by Gasteiger charge is -2.07. The molecule has 0 N–H and O–H groups in total. The van der Waals surface area contributed by atoms with Gasteiger partial charge in [0.25, 0.3) is 11.2 Å². The number of nitrogens with zero attached hydrogens (tertiary/aromatic N) is 2. The van der Waals surface area contributed by atoms with Crippen molar-refractivity contribution >= 4 is 11.5 Å². The first-order valence-electron chi connectivity index (χ1n) is 6.53. The second kappa shape index (κ2) is 6.13. The van der Waals surface area contributed by atoms with E-state index in [9.17, 15) is 19.7 Å². The van der Waals surface area contributed by atoms with Crippen LogP contribution in [-0.4, -0.2) is 15.3 Å². The van der Waals surface area contributed by atoms with Gasteiger partial charge in [0.1, 0.15) is 0 Å². The topological polar surface area (TPSA) is 82.2 Å². The van der Waals surface area contributed by atoms with Gasteiger partial charge in [-0.1, -0.05) is 37.3 Å². The molecule has 2 rings (SSSR count). The van der Waals surface area contributed by atoms with Gasteiger partial charge in [0.2, 0.25) is 0 Å². The molecule has 0 bridgehead atoms. The SMILES string of the molecule is CCCn1cc([N+](=O)[O-])cc(C(=O)c2ccccc2)c1=O. The summed E-state index contributed by atoms with van der Waals surface area (Å²) in [4.78, 5) is 35.0. The first kappa shape index (κ1) is 14.6. The molecule has 0 aliphatic carbocycles. The molecule has 1 aromatic heterocycles. The average Bonchev–Trinajstić information content (AvgIpc) is 2.49. The summed E-state index contributed by atoms with van der Waals surface area (Å²) in [6.45, 7) is 2.18. The van der Waals surface area contributed by atoms with Crippen LogP contribution in [0.5, 0.6) is 0 Å². The van der Waals surface area contributed by atoms with E-state index in [0.29, 0.717) is 18.5 Å². The summed E-state index contributed by atoms with van der Waals surface area (Å²) in [5.74, 6) is -0.505. The van der Waals surface area contributed by atoms with Gasteiger partial charge in [-0.25, -0.2) is 0 Å². The quantitative estimate of drug-likeness (QED) is 0.480. The van der Waals surface area contributed by atoms with Crippen molar-refractivity contribution in [3.63, 3.8) is 0 Å². The first-order valence-corrected chi connectivity index (χ1v) is 6.53. The summed E-state index contributed by atoms with van der Waals surface area (Å²) < 4.78 is 1.22. The molecule has 0 fully saturated rings. The van der Waals surface area contributed by atoms with Crippen LogP contribution in [0.15, 0.2) is 47.4 Å². The molecule has 0 spiro atoms. The Morgan fingerprint density at radius 2 is 1.95 bits per heavy atom. The highest BCUT2D eigenvalue weighted by Crippen LogP contribution is 2.14. The molecule has 0 unspecified atom stereocenters. The van der Waals surface area contributed by atoms with Crippen molar-refractivity contribution in [1.29, 1.82) is 0 Å². The molecule has 108 valence electrons. The Bertz CT molecular complexity index is 735. The van der Waals surface area contributed by atoms with E-state index in [1.165, 1.54) is 10.8 Å². The van der Waals surface area contributed by atoms with Crippen LogP contribution in [0.1, 0.15) is 29.3 Å². The van der Waals surface area contributed by atoms with Crippen LogP contribution in [0.25, 0.3) is 0 Å². The molecule has 6 nitrogen and oxygen atoms in total. The molecular formula is C15H14N2O4. The Hall–Kier alpha value is -2.76. The van der Waals surface area contributed by atoms with Crippen LogP contribution >= 0.6 is 0 Å². The van der Waals surface area contributed by atoms with Crippen molar-refractivity contribution < 1.29 is 9.72 Å². The highest BCUT2D eigenvalue weighted by Gasteiger charge is 2.19. The molecule has 0 radical (unpaired) electrons. The van der Waals surface area contributed by atoms with Crippen molar-refractivity contribution in [3.8, 4) is 0 Å². The maximum absolute atomic E-state index is 12.4. The molecule has 21 heavy (non-hydrogen) atoms. The van der Waals surface area contributed by atoms with Gasteiger partial charge in [-0.15, -0.1) is 0 Å². The van der Waals surface area contributed by atoms with Crippen LogP contribution in [0.4, 0.5) is 5.69 Å². The van der Waals surface area contributed by atoms with Gasteiger partial charge in [0.15, 0.2) is 5.78 Å². The minimum atomic E-state index is -0.604. The number of carbonyl (C=O) groups excluding carboxylic acids is 1. The van der Waals surface area contributed by atoms with Crippen molar-refractivity contribution in [2.75, 3.05) is 0 Å². The third kappa shape index (κ3) is 3.05. The number of pyridine rings is 1. The van der Waals surface area contributed by atoms with E-state index in [-0.39, 0.29) is 11.3 Å².